The van der Waals surface area contributed by atoms with Gasteiger partial charge in [-0.25, -0.2) is 10.5 Å². The van der Waals surface area contributed by atoms with Crippen LogP contribution in [0.1, 0.15) is 52.7 Å². The van der Waals surface area contributed by atoms with Crippen molar-refractivity contribution < 1.29 is 10.0 Å². The Morgan fingerprint density at radius 1 is 1.24 bits per heavy atom. The minimum atomic E-state index is -0.538. The van der Waals surface area contributed by atoms with Crippen LogP contribution in [0.5, 0.6) is 0 Å². The Morgan fingerprint density at radius 3 is 2.79 bits per heavy atom. The van der Waals surface area contributed by atoms with Gasteiger partial charge in [-0.3, -0.25) is 10.0 Å². The number of carbonyl (C=O) groups excluding carboxylic acids is 1. The molecular formula is C22H30N4O2S. The molecule has 7 heteroatoms. The van der Waals surface area contributed by atoms with E-state index in [9.17, 15) is 4.79 Å². The quantitative estimate of drug-likeness (QED) is 0.434. The molecule has 156 valence electrons. The number of thiazole rings is 1. The second-order valence-electron chi connectivity index (χ2n) is 8.22. The number of amides is 1. The number of hydrogen-bond donors (Lipinski definition) is 3. The monoisotopic (exact) mass is 414 g/mol. The summed E-state index contributed by atoms with van der Waals surface area (Å²) in [6.45, 7) is 4.58. The van der Waals surface area contributed by atoms with Crippen LogP contribution in [0.3, 0.4) is 0 Å². The molecule has 1 aliphatic carbocycles. The number of rotatable bonds is 9. The third-order valence-corrected chi connectivity index (χ3v) is 7.05. The van der Waals surface area contributed by atoms with E-state index in [0.29, 0.717) is 17.7 Å². The van der Waals surface area contributed by atoms with E-state index in [4.69, 9.17) is 5.21 Å². The first-order valence-corrected chi connectivity index (χ1v) is 11.5. The molecule has 1 saturated carbocycles. The second kappa shape index (κ2) is 9.80. The van der Waals surface area contributed by atoms with Gasteiger partial charge in [-0.15, -0.1) is 11.3 Å². The van der Waals surface area contributed by atoms with E-state index in [1.807, 2.05) is 0 Å². The SMILES string of the molecule is O=C(NO)c1csc(CCCN2CCC(CN[C@H]3C[C@@H]3c3ccccc3)CC2)n1. The summed E-state index contributed by atoms with van der Waals surface area (Å²) < 4.78 is 0. The van der Waals surface area contributed by atoms with Gasteiger partial charge in [-0.05, 0) is 63.3 Å². The maximum Gasteiger partial charge on any atom is 0.294 e. The van der Waals surface area contributed by atoms with Crippen molar-refractivity contribution in [2.75, 3.05) is 26.2 Å². The van der Waals surface area contributed by atoms with Crippen LogP contribution in [0.4, 0.5) is 0 Å². The third kappa shape index (κ3) is 5.63. The molecule has 1 amide bonds. The van der Waals surface area contributed by atoms with Crippen molar-refractivity contribution in [2.45, 2.75) is 44.1 Å². The van der Waals surface area contributed by atoms with Gasteiger partial charge in [0, 0.05) is 23.8 Å². The molecule has 0 spiro atoms. The Hall–Kier alpha value is -1.80. The number of hydroxylamine groups is 1. The number of piperidine rings is 1. The normalized spacial score (nSPS) is 22.5. The molecule has 1 aromatic heterocycles. The fourth-order valence-electron chi connectivity index (χ4n) is 4.26. The molecule has 3 N–H and O–H groups in total. The minimum Gasteiger partial charge on any atom is -0.313 e. The van der Waals surface area contributed by atoms with Crippen LogP contribution in [0, 0.1) is 5.92 Å². The first-order valence-electron chi connectivity index (χ1n) is 10.6. The topological polar surface area (TPSA) is 77.5 Å². The van der Waals surface area contributed by atoms with Crippen LogP contribution in [-0.2, 0) is 6.42 Å². The van der Waals surface area contributed by atoms with Gasteiger partial charge in [0.2, 0.25) is 0 Å². The molecule has 1 saturated heterocycles. The first-order chi connectivity index (χ1) is 14.2. The zero-order valence-electron chi connectivity index (χ0n) is 16.7. The van der Waals surface area contributed by atoms with E-state index >= 15 is 0 Å². The van der Waals surface area contributed by atoms with Crippen LogP contribution in [-0.4, -0.2) is 53.2 Å². The number of benzene rings is 1. The summed E-state index contributed by atoms with van der Waals surface area (Å²) in [5, 5.41) is 15.1. The van der Waals surface area contributed by atoms with E-state index in [1.54, 1.807) is 10.9 Å². The average Bonchev–Trinajstić information content (AvgIpc) is 3.40. The summed E-state index contributed by atoms with van der Waals surface area (Å²) in [4.78, 5) is 18.2. The maximum absolute atomic E-state index is 11.3. The highest BCUT2D eigenvalue weighted by Crippen LogP contribution is 2.40. The Bertz CT molecular complexity index is 789. The maximum atomic E-state index is 11.3. The van der Waals surface area contributed by atoms with Crippen molar-refractivity contribution in [3.05, 3.63) is 52.0 Å². The Balaban J connectivity index is 1.09. The highest BCUT2D eigenvalue weighted by atomic mass is 32.1. The van der Waals surface area contributed by atoms with Gasteiger partial charge in [0.05, 0.1) is 5.01 Å². The predicted molar refractivity (Wildman–Crippen MR) is 114 cm³/mol. The van der Waals surface area contributed by atoms with E-state index in [2.05, 4.69) is 45.5 Å². The molecule has 2 fully saturated rings. The Labute approximate surface area is 176 Å². The number of nitrogens with one attached hydrogen (secondary N) is 2. The standard InChI is InChI=1S/C22H30N4O2S/c27-22(25-28)20-15-29-21(24-20)7-4-10-26-11-8-16(9-12-26)14-23-19-13-18(19)17-5-2-1-3-6-17/h1-3,5-6,15-16,18-19,23,28H,4,7-14H2,(H,25,27)/t18-,19+/m1/s1. The van der Waals surface area contributed by atoms with Gasteiger partial charge in [-0.1, -0.05) is 30.3 Å². The highest BCUT2D eigenvalue weighted by molar-refractivity contribution is 7.09. The zero-order chi connectivity index (χ0) is 20.1. The smallest absolute Gasteiger partial charge is 0.294 e. The van der Waals surface area contributed by atoms with Crippen LogP contribution in [0.2, 0.25) is 0 Å². The van der Waals surface area contributed by atoms with Gasteiger partial charge >= 0.3 is 0 Å². The van der Waals surface area contributed by atoms with Gasteiger partial charge in [0.25, 0.3) is 5.91 Å². The molecule has 2 aromatic rings. The van der Waals surface area contributed by atoms with Gasteiger partial charge in [0.1, 0.15) is 5.69 Å². The summed E-state index contributed by atoms with van der Waals surface area (Å²) >= 11 is 1.48. The molecule has 2 heterocycles. The van der Waals surface area contributed by atoms with Crippen molar-refractivity contribution in [3.8, 4) is 0 Å². The van der Waals surface area contributed by atoms with Crippen LogP contribution in [0.15, 0.2) is 35.7 Å². The summed E-state index contributed by atoms with van der Waals surface area (Å²) in [6.07, 6.45) is 5.76. The molecule has 1 aromatic carbocycles. The van der Waals surface area contributed by atoms with E-state index in [1.165, 1.54) is 49.3 Å². The lowest BCUT2D eigenvalue weighted by atomic mass is 9.96. The van der Waals surface area contributed by atoms with Gasteiger partial charge in [0.15, 0.2) is 0 Å². The van der Waals surface area contributed by atoms with E-state index in [-0.39, 0.29) is 0 Å². The number of nitrogens with zero attached hydrogens (tertiary/aromatic N) is 2. The summed E-state index contributed by atoms with van der Waals surface area (Å²) in [6, 6.07) is 11.5. The lowest BCUT2D eigenvalue weighted by Crippen LogP contribution is -2.38. The third-order valence-electron chi connectivity index (χ3n) is 6.14. The number of likely N-dealkylation sites (tertiary alicyclic amines) is 1. The lowest BCUT2D eigenvalue weighted by molar-refractivity contribution is 0.0701. The van der Waals surface area contributed by atoms with Crippen molar-refractivity contribution in [1.82, 2.24) is 20.7 Å². The number of hydrogen-bond acceptors (Lipinski definition) is 6. The number of carbonyl (C=O) groups is 1. The van der Waals surface area contributed by atoms with Crippen molar-refractivity contribution >= 4 is 17.2 Å². The van der Waals surface area contributed by atoms with Crippen LogP contribution < -0.4 is 10.8 Å². The molecular weight excluding hydrogens is 384 g/mol. The molecule has 4 rings (SSSR count). The summed E-state index contributed by atoms with van der Waals surface area (Å²) in [5.74, 6) is 0.970. The van der Waals surface area contributed by atoms with Crippen molar-refractivity contribution in [1.29, 1.82) is 0 Å². The molecule has 6 nitrogen and oxygen atoms in total. The molecule has 2 atom stereocenters. The van der Waals surface area contributed by atoms with Crippen molar-refractivity contribution in [2.24, 2.45) is 5.92 Å². The number of aromatic nitrogens is 1. The Morgan fingerprint density at radius 2 is 2.03 bits per heavy atom. The van der Waals surface area contributed by atoms with Gasteiger partial charge in [-0.2, -0.15) is 0 Å². The summed E-state index contributed by atoms with van der Waals surface area (Å²) in [5.41, 5.74) is 3.40. The van der Waals surface area contributed by atoms with Gasteiger partial charge < -0.3 is 10.2 Å². The second-order valence-corrected chi connectivity index (χ2v) is 9.17. The fraction of sp³-hybridized carbons (Fsp3) is 0.545. The van der Waals surface area contributed by atoms with Crippen LogP contribution >= 0.6 is 11.3 Å². The predicted octanol–water partition coefficient (Wildman–Crippen LogP) is 3.05. The molecule has 0 bridgehead atoms. The highest BCUT2D eigenvalue weighted by Gasteiger charge is 2.38. The fourth-order valence-corrected chi connectivity index (χ4v) is 5.08. The molecule has 0 unspecified atom stereocenters. The first kappa shape index (κ1) is 20.5. The number of aryl methyl sites for hydroxylation is 1. The lowest BCUT2D eigenvalue weighted by Gasteiger charge is -2.32. The van der Waals surface area contributed by atoms with Crippen LogP contribution in [0.25, 0.3) is 0 Å². The zero-order valence-corrected chi connectivity index (χ0v) is 17.5. The molecule has 2 aliphatic rings. The summed E-state index contributed by atoms with van der Waals surface area (Å²) in [7, 11) is 0. The average molecular weight is 415 g/mol. The minimum absolute atomic E-state index is 0.297. The molecule has 29 heavy (non-hydrogen) atoms. The Kier molecular flexibility index (Phi) is 6.92. The van der Waals surface area contributed by atoms with E-state index < -0.39 is 5.91 Å². The molecule has 0 radical (unpaired) electrons. The van der Waals surface area contributed by atoms with Crippen molar-refractivity contribution in [3.63, 3.8) is 0 Å². The van der Waals surface area contributed by atoms with E-state index in [0.717, 1.165) is 36.9 Å². The largest absolute Gasteiger partial charge is 0.313 e. The molecule has 1 aliphatic heterocycles.